The maximum atomic E-state index is 12.2. The number of likely N-dealkylation sites (N-methyl/N-ethyl adjacent to an activating group) is 1. The number of amides is 3. The van der Waals surface area contributed by atoms with Crippen LogP contribution in [-0.2, 0) is 9.59 Å². The molecule has 0 fully saturated rings. The lowest BCUT2D eigenvalue weighted by molar-refractivity contribution is -0.119. The van der Waals surface area contributed by atoms with Gasteiger partial charge in [0.15, 0.2) is 0 Å². The number of hydrogen-bond acceptors (Lipinski definition) is 4. The number of carbonyl (C=O) groups is 3. The fourth-order valence-corrected chi connectivity index (χ4v) is 2.56. The molecule has 2 N–H and O–H groups in total. The summed E-state index contributed by atoms with van der Waals surface area (Å²) in [5.41, 5.74) is 1.76. The van der Waals surface area contributed by atoms with Crippen molar-refractivity contribution in [1.82, 2.24) is 9.80 Å². The summed E-state index contributed by atoms with van der Waals surface area (Å²) in [5.74, 6) is -0.595. The van der Waals surface area contributed by atoms with Crippen LogP contribution in [0, 0.1) is 0 Å². The van der Waals surface area contributed by atoms with E-state index in [-0.39, 0.29) is 30.8 Å². The van der Waals surface area contributed by atoms with E-state index in [0.29, 0.717) is 22.0 Å². The Labute approximate surface area is 169 Å². The minimum absolute atomic E-state index is 0.0480. The highest BCUT2D eigenvalue weighted by Gasteiger charge is 2.12. The summed E-state index contributed by atoms with van der Waals surface area (Å²) in [5, 5.41) is 6.08. The molecule has 2 aromatic carbocycles. The molecule has 0 aliphatic rings. The van der Waals surface area contributed by atoms with Crippen molar-refractivity contribution in [3.8, 4) is 0 Å². The summed E-state index contributed by atoms with van der Waals surface area (Å²) in [6.45, 7) is 0.110. The number of benzene rings is 2. The lowest BCUT2D eigenvalue weighted by atomic mass is 10.2. The Morgan fingerprint density at radius 2 is 1.21 bits per heavy atom. The summed E-state index contributed by atoms with van der Waals surface area (Å²) >= 11 is 5.81. The van der Waals surface area contributed by atoms with Crippen molar-refractivity contribution in [3.05, 3.63) is 59.1 Å². The van der Waals surface area contributed by atoms with E-state index in [1.54, 1.807) is 74.6 Å². The van der Waals surface area contributed by atoms with Gasteiger partial charge in [-0.3, -0.25) is 19.3 Å². The second-order valence-electron chi connectivity index (χ2n) is 6.55. The maximum absolute atomic E-state index is 12.2. The third-order valence-corrected chi connectivity index (χ3v) is 4.03. The first-order valence-electron chi connectivity index (χ1n) is 8.60. The van der Waals surface area contributed by atoms with Gasteiger partial charge in [-0.05, 0) is 55.6 Å². The van der Waals surface area contributed by atoms with E-state index in [1.165, 1.54) is 4.90 Å². The number of hydrogen-bond donors (Lipinski definition) is 2. The van der Waals surface area contributed by atoms with Crippen molar-refractivity contribution < 1.29 is 14.4 Å². The molecule has 0 aliphatic carbocycles. The maximum Gasteiger partial charge on any atom is 0.253 e. The van der Waals surface area contributed by atoms with Crippen LogP contribution in [0.4, 0.5) is 11.4 Å². The van der Waals surface area contributed by atoms with Crippen molar-refractivity contribution in [2.75, 3.05) is 44.9 Å². The van der Waals surface area contributed by atoms with Crippen LogP contribution in [0.15, 0.2) is 48.5 Å². The van der Waals surface area contributed by atoms with E-state index in [0.717, 1.165) is 0 Å². The highest BCUT2D eigenvalue weighted by atomic mass is 35.5. The third-order valence-electron chi connectivity index (χ3n) is 3.78. The molecule has 2 rings (SSSR count). The van der Waals surface area contributed by atoms with Gasteiger partial charge in [0.05, 0.1) is 13.1 Å². The Hall–Kier alpha value is -2.90. The van der Waals surface area contributed by atoms with Gasteiger partial charge in [0.25, 0.3) is 5.91 Å². The Balaban J connectivity index is 1.81. The normalized spacial score (nSPS) is 10.5. The predicted octanol–water partition coefficient (Wildman–Crippen LogP) is 2.55. The predicted molar refractivity (Wildman–Crippen MR) is 111 cm³/mol. The van der Waals surface area contributed by atoms with Crippen LogP contribution in [0.2, 0.25) is 5.02 Å². The van der Waals surface area contributed by atoms with Crippen LogP contribution in [0.5, 0.6) is 0 Å². The number of halogens is 1. The monoisotopic (exact) mass is 402 g/mol. The molecule has 0 saturated heterocycles. The topological polar surface area (TPSA) is 81.8 Å². The molecule has 0 aromatic heterocycles. The van der Waals surface area contributed by atoms with Crippen molar-refractivity contribution in [3.63, 3.8) is 0 Å². The summed E-state index contributed by atoms with van der Waals surface area (Å²) < 4.78 is 0. The quantitative estimate of drug-likeness (QED) is 0.745. The fraction of sp³-hybridized carbons (Fsp3) is 0.250. The molecule has 0 radical (unpaired) electrons. The highest BCUT2D eigenvalue weighted by molar-refractivity contribution is 6.30. The first-order valence-corrected chi connectivity index (χ1v) is 8.98. The van der Waals surface area contributed by atoms with Crippen LogP contribution < -0.4 is 10.6 Å². The second-order valence-corrected chi connectivity index (χ2v) is 6.99. The summed E-state index contributed by atoms with van der Waals surface area (Å²) in [7, 11) is 5.04. The van der Waals surface area contributed by atoms with E-state index in [2.05, 4.69) is 10.6 Å². The number of nitrogens with one attached hydrogen (secondary N) is 2. The molecule has 7 nitrogen and oxygen atoms in total. The molecule has 0 spiro atoms. The van der Waals surface area contributed by atoms with Gasteiger partial charge in [0.2, 0.25) is 11.8 Å². The molecular formula is C20H23ClN4O3. The van der Waals surface area contributed by atoms with Gasteiger partial charge in [-0.2, -0.15) is 0 Å². The molecule has 148 valence electrons. The summed E-state index contributed by atoms with van der Waals surface area (Å²) in [6.07, 6.45) is 0. The average molecular weight is 403 g/mol. The number of anilines is 2. The lowest BCUT2D eigenvalue weighted by Crippen LogP contribution is -2.36. The van der Waals surface area contributed by atoms with Crippen molar-refractivity contribution in [1.29, 1.82) is 0 Å². The summed E-state index contributed by atoms with van der Waals surface area (Å²) in [4.78, 5) is 39.2. The largest absolute Gasteiger partial charge is 0.345 e. The minimum Gasteiger partial charge on any atom is -0.345 e. The average Bonchev–Trinajstić information content (AvgIpc) is 2.63. The number of nitrogens with zero attached hydrogens (tertiary/aromatic N) is 2. The van der Waals surface area contributed by atoms with Gasteiger partial charge in [-0.15, -0.1) is 0 Å². The molecule has 3 amide bonds. The Kier molecular flexibility index (Phi) is 7.54. The van der Waals surface area contributed by atoms with Gasteiger partial charge < -0.3 is 15.5 Å². The van der Waals surface area contributed by atoms with Gasteiger partial charge in [0, 0.05) is 36.1 Å². The Bertz CT molecular complexity index is 836. The molecular weight excluding hydrogens is 380 g/mol. The van der Waals surface area contributed by atoms with Crippen molar-refractivity contribution in [2.45, 2.75) is 0 Å². The molecule has 8 heteroatoms. The van der Waals surface area contributed by atoms with Crippen LogP contribution >= 0.6 is 11.6 Å². The zero-order valence-electron chi connectivity index (χ0n) is 16.0. The molecule has 28 heavy (non-hydrogen) atoms. The van der Waals surface area contributed by atoms with Crippen molar-refractivity contribution >= 4 is 40.7 Å². The van der Waals surface area contributed by atoms with E-state index in [4.69, 9.17) is 11.6 Å². The first-order chi connectivity index (χ1) is 13.2. The third kappa shape index (κ3) is 6.68. The molecule has 0 saturated carbocycles. The van der Waals surface area contributed by atoms with Gasteiger partial charge >= 0.3 is 0 Å². The SMILES string of the molecule is CN(CC(=O)Nc1ccc(Cl)cc1)CC(=O)Nc1ccc(C(=O)N(C)C)cc1. The van der Waals surface area contributed by atoms with Gasteiger partial charge in [-0.25, -0.2) is 0 Å². The minimum atomic E-state index is -0.256. The smallest absolute Gasteiger partial charge is 0.253 e. The lowest BCUT2D eigenvalue weighted by Gasteiger charge is -2.16. The van der Waals surface area contributed by atoms with Crippen LogP contribution in [0.3, 0.4) is 0 Å². The second kappa shape index (κ2) is 9.87. The highest BCUT2D eigenvalue weighted by Crippen LogP contribution is 2.13. The number of carbonyl (C=O) groups excluding carboxylic acids is 3. The van der Waals surface area contributed by atoms with E-state index in [1.807, 2.05) is 0 Å². The van der Waals surface area contributed by atoms with Crippen LogP contribution in [-0.4, -0.2) is 61.8 Å². The van der Waals surface area contributed by atoms with Gasteiger partial charge in [-0.1, -0.05) is 11.6 Å². The zero-order valence-corrected chi connectivity index (χ0v) is 16.8. The zero-order chi connectivity index (χ0) is 20.7. The van der Waals surface area contributed by atoms with E-state index < -0.39 is 0 Å². The molecule has 0 aliphatic heterocycles. The Morgan fingerprint density at radius 1 is 0.786 bits per heavy atom. The standard InChI is InChI=1S/C20H23ClN4O3/c1-24(2)20(28)14-4-8-16(9-5-14)22-18(26)12-25(3)13-19(27)23-17-10-6-15(21)7-11-17/h4-11H,12-13H2,1-3H3,(H,22,26)(H,23,27). The molecule has 0 bridgehead atoms. The first kappa shape index (κ1) is 21.4. The molecule has 0 atom stereocenters. The molecule has 0 heterocycles. The Morgan fingerprint density at radius 3 is 1.64 bits per heavy atom. The fourth-order valence-electron chi connectivity index (χ4n) is 2.43. The van der Waals surface area contributed by atoms with Crippen LogP contribution in [0.25, 0.3) is 0 Å². The van der Waals surface area contributed by atoms with E-state index in [9.17, 15) is 14.4 Å². The molecule has 0 unspecified atom stereocenters. The molecule has 2 aromatic rings. The summed E-state index contributed by atoms with van der Waals surface area (Å²) in [6, 6.07) is 13.4. The number of rotatable bonds is 7. The van der Waals surface area contributed by atoms with E-state index >= 15 is 0 Å². The van der Waals surface area contributed by atoms with Gasteiger partial charge in [0.1, 0.15) is 0 Å². The van der Waals surface area contributed by atoms with Crippen molar-refractivity contribution in [2.24, 2.45) is 0 Å². The van der Waals surface area contributed by atoms with Crippen LogP contribution in [0.1, 0.15) is 10.4 Å².